The van der Waals surface area contributed by atoms with Crippen LogP contribution in [0, 0.1) is 5.82 Å². The number of hydrogen-bond acceptors (Lipinski definition) is 4. The molecule has 2 rings (SSSR count). The summed E-state index contributed by atoms with van der Waals surface area (Å²) in [6.45, 7) is 0.307. The van der Waals surface area contributed by atoms with Gasteiger partial charge in [-0.2, -0.15) is 0 Å². The average Bonchev–Trinajstić information content (AvgIpc) is 2.92. The van der Waals surface area contributed by atoms with Gasteiger partial charge in [-0.15, -0.1) is 11.3 Å². The van der Waals surface area contributed by atoms with Crippen LogP contribution in [0.4, 0.5) is 4.39 Å². The van der Waals surface area contributed by atoms with Crippen LogP contribution in [0.15, 0.2) is 41.8 Å². The summed E-state index contributed by atoms with van der Waals surface area (Å²) in [5.74, 6) is -0.0575. The number of rotatable bonds is 7. The van der Waals surface area contributed by atoms with Crippen molar-refractivity contribution in [1.82, 2.24) is 4.72 Å². The van der Waals surface area contributed by atoms with E-state index < -0.39 is 10.0 Å². The molecule has 2 aromatic rings. The first-order valence-corrected chi connectivity index (χ1v) is 8.46. The van der Waals surface area contributed by atoms with Crippen LogP contribution in [0.1, 0.15) is 4.88 Å². The highest BCUT2D eigenvalue weighted by molar-refractivity contribution is 7.89. The number of sulfonamides is 1. The first-order chi connectivity index (χ1) is 9.55. The highest BCUT2D eigenvalue weighted by Crippen LogP contribution is 2.11. The fraction of sp³-hybridized carbons (Fsp3) is 0.231. The van der Waals surface area contributed by atoms with Gasteiger partial charge in [-0.05, 0) is 35.7 Å². The highest BCUT2D eigenvalue weighted by atomic mass is 32.2. The summed E-state index contributed by atoms with van der Waals surface area (Å²) in [6.07, 6.45) is 0. The molecule has 0 unspecified atom stereocenters. The molecule has 0 aliphatic carbocycles. The highest BCUT2D eigenvalue weighted by Gasteiger charge is 2.10. The van der Waals surface area contributed by atoms with E-state index in [4.69, 9.17) is 4.74 Å². The third kappa shape index (κ3) is 4.92. The molecule has 0 radical (unpaired) electrons. The Morgan fingerprint density at radius 1 is 1.20 bits per heavy atom. The summed E-state index contributed by atoms with van der Waals surface area (Å²) in [5, 5.41) is 1.89. The van der Waals surface area contributed by atoms with E-state index in [0.29, 0.717) is 5.75 Å². The summed E-state index contributed by atoms with van der Waals surface area (Å²) < 4.78 is 43.9. The van der Waals surface area contributed by atoms with E-state index in [9.17, 15) is 12.8 Å². The SMILES string of the molecule is O=S(=O)(CCOc1ccc(F)cc1)NCc1cccs1. The molecule has 1 aromatic carbocycles. The van der Waals surface area contributed by atoms with Gasteiger partial charge in [-0.1, -0.05) is 6.07 Å². The lowest BCUT2D eigenvalue weighted by molar-refractivity contribution is 0.339. The lowest BCUT2D eigenvalue weighted by atomic mass is 10.3. The van der Waals surface area contributed by atoms with Crippen LogP contribution in [0.5, 0.6) is 5.75 Å². The van der Waals surface area contributed by atoms with E-state index in [0.717, 1.165) is 4.88 Å². The lowest BCUT2D eigenvalue weighted by Gasteiger charge is -2.07. The van der Waals surface area contributed by atoms with Gasteiger partial charge in [0.15, 0.2) is 0 Å². The first kappa shape index (κ1) is 15.0. The van der Waals surface area contributed by atoms with Crippen LogP contribution < -0.4 is 9.46 Å². The molecule has 0 saturated carbocycles. The Labute approximate surface area is 121 Å². The van der Waals surface area contributed by atoms with Gasteiger partial charge in [0.25, 0.3) is 0 Å². The van der Waals surface area contributed by atoms with Gasteiger partial charge < -0.3 is 4.74 Å². The van der Waals surface area contributed by atoms with Crippen molar-refractivity contribution < 1.29 is 17.5 Å². The fourth-order valence-corrected chi connectivity index (χ4v) is 3.02. The number of halogens is 1. The predicted octanol–water partition coefficient (Wildman–Crippen LogP) is 2.39. The quantitative estimate of drug-likeness (QED) is 0.853. The molecule has 0 saturated heterocycles. The van der Waals surface area contributed by atoms with E-state index in [-0.39, 0.29) is 24.7 Å². The van der Waals surface area contributed by atoms with Crippen LogP contribution in [0.2, 0.25) is 0 Å². The zero-order chi connectivity index (χ0) is 14.4. The molecule has 0 spiro atoms. The minimum Gasteiger partial charge on any atom is -0.492 e. The Balaban J connectivity index is 1.76. The summed E-state index contributed by atoms with van der Waals surface area (Å²) >= 11 is 1.49. The second-order valence-corrected chi connectivity index (χ2v) is 6.98. The lowest BCUT2D eigenvalue weighted by Crippen LogP contribution is -2.28. The van der Waals surface area contributed by atoms with Crippen LogP contribution in [-0.2, 0) is 16.6 Å². The molecule has 7 heteroatoms. The van der Waals surface area contributed by atoms with Crippen LogP contribution >= 0.6 is 11.3 Å². The molecule has 0 aliphatic rings. The molecule has 108 valence electrons. The molecule has 0 bridgehead atoms. The van der Waals surface area contributed by atoms with Crippen molar-refractivity contribution in [1.29, 1.82) is 0 Å². The van der Waals surface area contributed by atoms with Crippen molar-refractivity contribution >= 4 is 21.4 Å². The Morgan fingerprint density at radius 3 is 2.60 bits per heavy atom. The maximum absolute atomic E-state index is 12.7. The van der Waals surface area contributed by atoms with E-state index in [1.54, 1.807) is 0 Å². The molecule has 0 atom stereocenters. The second kappa shape index (κ2) is 6.83. The van der Waals surface area contributed by atoms with Crippen molar-refractivity contribution in [2.45, 2.75) is 6.54 Å². The van der Waals surface area contributed by atoms with Gasteiger partial charge in [0, 0.05) is 11.4 Å². The zero-order valence-corrected chi connectivity index (χ0v) is 12.2. The van der Waals surface area contributed by atoms with Crippen molar-refractivity contribution in [3.8, 4) is 5.75 Å². The zero-order valence-electron chi connectivity index (χ0n) is 10.6. The van der Waals surface area contributed by atoms with Crippen molar-refractivity contribution in [2.75, 3.05) is 12.4 Å². The summed E-state index contributed by atoms with van der Waals surface area (Å²) in [5.41, 5.74) is 0. The summed E-state index contributed by atoms with van der Waals surface area (Å²) in [6, 6.07) is 9.17. The topological polar surface area (TPSA) is 55.4 Å². The Morgan fingerprint density at radius 2 is 1.95 bits per heavy atom. The normalized spacial score (nSPS) is 11.4. The average molecular weight is 315 g/mol. The Hall–Kier alpha value is -1.44. The third-order valence-electron chi connectivity index (χ3n) is 2.48. The minimum atomic E-state index is -3.38. The van der Waals surface area contributed by atoms with E-state index in [1.165, 1.54) is 35.6 Å². The molecule has 4 nitrogen and oxygen atoms in total. The molecule has 0 fully saturated rings. The van der Waals surface area contributed by atoms with Gasteiger partial charge in [-0.3, -0.25) is 0 Å². The monoisotopic (exact) mass is 315 g/mol. The van der Waals surface area contributed by atoms with Gasteiger partial charge in [0.2, 0.25) is 10.0 Å². The summed E-state index contributed by atoms with van der Waals surface area (Å²) in [4.78, 5) is 0.952. The van der Waals surface area contributed by atoms with Crippen LogP contribution in [-0.4, -0.2) is 20.8 Å². The molecular weight excluding hydrogens is 301 g/mol. The maximum atomic E-state index is 12.7. The van der Waals surface area contributed by atoms with Gasteiger partial charge in [-0.25, -0.2) is 17.5 Å². The van der Waals surface area contributed by atoms with Crippen molar-refractivity contribution in [3.63, 3.8) is 0 Å². The second-order valence-electron chi connectivity index (χ2n) is 4.02. The smallest absolute Gasteiger partial charge is 0.215 e. The van der Waals surface area contributed by atoms with Gasteiger partial charge in [0.1, 0.15) is 18.2 Å². The van der Waals surface area contributed by atoms with Crippen molar-refractivity contribution in [3.05, 3.63) is 52.5 Å². The largest absolute Gasteiger partial charge is 0.492 e. The molecule has 1 aromatic heterocycles. The number of thiophene rings is 1. The predicted molar refractivity (Wildman–Crippen MR) is 76.8 cm³/mol. The maximum Gasteiger partial charge on any atom is 0.215 e. The first-order valence-electron chi connectivity index (χ1n) is 5.93. The van der Waals surface area contributed by atoms with E-state index in [2.05, 4.69) is 4.72 Å². The fourth-order valence-electron chi connectivity index (χ4n) is 1.47. The van der Waals surface area contributed by atoms with Crippen LogP contribution in [0.25, 0.3) is 0 Å². The van der Waals surface area contributed by atoms with Gasteiger partial charge in [0.05, 0.1) is 5.75 Å². The molecule has 0 aliphatic heterocycles. The molecular formula is C13H14FNO3S2. The number of ether oxygens (including phenoxy) is 1. The third-order valence-corrected chi connectivity index (χ3v) is 4.65. The molecule has 1 heterocycles. The standard InChI is InChI=1S/C13H14FNO3S2/c14-11-3-5-12(6-4-11)18-7-9-20(16,17)15-10-13-2-1-8-19-13/h1-6,8,15H,7,9-10H2. The minimum absolute atomic E-state index is 0.0193. The summed E-state index contributed by atoms with van der Waals surface area (Å²) in [7, 11) is -3.38. The van der Waals surface area contributed by atoms with E-state index >= 15 is 0 Å². The number of hydrogen-bond donors (Lipinski definition) is 1. The number of nitrogens with one attached hydrogen (secondary N) is 1. The van der Waals surface area contributed by atoms with Crippen LogP contribution in [0.3, 0.4) is 0 Å². The molecule has 0 amide bonds. The van der Waals surface area contributed by atoms with Gasteiger partial charge >= 0.3 is 0 Å². The molecule has 20 heavy (non-hydrogen) atoms. The Bertz CT molecular complexity index is 624. The molecule has 1 N–H and O–H groups in total. The van der Waals surface area contributed by atoms with Crippen molar-refractivity contribution in [2.24, 2.45) is 0 Å². The number of benzene rings is 1. The van der Waals surface area contributed by atoms with E-state index in [1.807, 2.05) is 17.5 Å². The Kier molecular flexibility index (Phi) is 5.11.